The minimum atomic E-state index is -0.859. The van der Waals surface area contributed by atoms with Gasteiger partial charge >= 0.3 is 5.97 Å². The van der Waals surface area contributed by atoms with Crippen molar-refractivity contribution in [2.45, 2.75) is 12.5 Å². The summed E-state index contributed by atoms with van der Waals surface area (Å²) in [5.41, 5.74) is 1.57. The number of hydrogen-bond donors (Lipinski definition) is 1. The summed E-state index contributed by atoms with van der Waals surface area (Å²) < 4.78 is 0. The first-order valence-corrected chi connectivity index (χ1v) is 8.02. The predicted octanol–water partition coefficient (Wildman–Crippen LogP) is 1.78. The van der Waals surface area contributed by atoms with E-state index in [9.17, 15) is 9.59 Å². The quantitative estimate of drug-likeness (QED) is 0.919. The number of amides is 1. The highest BCUT2D eigenvalue weighted by atomic mass is 32.2. The topological polar surface area (TPSA) is 60.9 Å². The molecule has 0 saturated carbocycles. The monoisotopic (exact) mass is 308 g/mol. The van der Waals surface area contributed by atoms with Crippen LogP contribution in [0.15, 0.2) is 24.3 Å². The molecular formula is C15H20N2O3S. The SMILES string of the molecule is CN(C)c1cccc(C(=O)N2CCSCC2CC(=O)O)c1. The van der Waals surface area contributed by atoms with E-state index in [2.05, 4.69) is 0 Å². The molecule has 114 valence electrons. The van der Waals surface area contributed by atoms with E-state index in [-0.39, 0.29) is 18.4 Å². The molecule has 1 atom stereocenters. The number of thioether (sulfide) groups is 1. The van der Waals surface area contributed by atoms with E-state index in [1.807, 2.05) is 37.2 Å². The Kier molecular flexibility index (Phi) is 5.12. The number of hydrogen-bond acceptors (Lipinski definition) is 4. The van der Waals surface area contributed by atoms with E-state index >= 15 is 0 Å². The predicted molar refractivity (Wildman–Crippen MR) is 85.2 cm³/mol. The molecule has 0 aromatic heterocycles. The average Bonchev–Trinajstić information content (AvgIpc) is 2.46. The third-order valence-corrected chi connectivity index (χ3v) is 4.60. The van der Waals surface area contributed by atoms with Crippen molar-refractivity contribution in [1.82, 2.24) is 4.90 Å². The van der Waals surface area contributed by atoms with Crippen LogP contribution in [0.4, 0.5) is 5.69 Å². The van der Waals surface area contributed by atoms with Crippen LogP contribution in [-0.4, -0.2) is 60.1 Å². The van der Waals surface area contributed by atoms with E-state index in [0.29, 0.717) is 17.9 Å². The van der Waals surface area contributed by atoms with Crippen molar-refractivity contribution < 1.29 is 14.7 Å². The van der Waals surface area contributed by atoms with Gasteiger partial charge in [-0.1, -0.05) is 6.07 Å². The number of carbonyl (C=O) groups excluding carboxylic acids is 1. The number of carbonyl (C=O) groups is 2. The van der Waals surface area contributed by atoms with Gasteiger partial charge in [-0.3, -0.25) is 9.59 Å². The Hall–Kier alpha value is -1.69. The van der Waals surface area contributed by atoms with Gasteiger partial charge in [-0.25, -0.2) is 0 Å². The lowest BCUT2D eigenvalue weighted by Gasteiger charge is -2.34. The highest BCUT2D eigenvalue weighted by Crippen LogP contribution is 2.22. The molecule has 0 radical (unpaired) electrons. The van der Waals surface area contributed by atoms with Crippen molar-refractivity contribution >= 4 is 29.3 Å². The normalized spacial score (nSPS) is 18.4. The minimum Gasteiger partial charge on any atom is -0.481 e. The number of carboxylic acid groups (broad SMARTS) is 1. The summed E-state index contributed by atoms with van der Waals surface area (Å²) >= 11 is 1.70. The standard InChI is InChI=1S/C15H20N2O3S/c1-16(2)12-5-3-4-11(8-12)15(20)17-6-7-21-10-13(17)9-14(18)19/h3-5,8,13H,6-7,9-10H2,1-2H3,(H,18,19). The second kappa shape index (κ2) is 6.85. The van der Waals surface area contributed by atoms with Gasteiger partial charge in [-0.2, -0.15) is 11.8 Å². The number of anilines is 1. The van der Waals surface area contributed by atoms with E-state index in [4.69, 9.17) is 5.11 Å². The van der Waals surface area contributed by atoms with Crippen LogP contribution < -0.4 is 4.90 Å². The molecule has 1 unspecified atom stereocenters. The fourth-order valence-electron chi connectivity index (χ4n) is 2.38. The number of benzene rings is 1. The van der Waals surface area contributed by atoms with E-state index in [0.717, 1.165) is 11.4 Å². The number of carboxylic acids is 1. The first-order chi connectivity index (χ1) is 9.99. The number of nitrogens with zero attached hydrogens (tertiary/aromatic N) is 2. The molecule has 1 heterocycles. The van der Waals surface area contributed by atoms with Crippen LogP contribution in [0.2, 0.25) is 0 Å². The Morgan fingerprint density at radius 3 is 2.86 bits per heavy atom. The van der Waals surface area contributed by atoms with Crippen molar-refractivity contribution in [3.8, 4) is 0 Å². The van der Waals surface area contributed by atoms with Gasteiger partial charge < -0.3 is 14.9 Å². The maximum absolute atomic E-state index is 12.7. The van der Waals surface area contributed by atoms with Gasteiger partial charge in [0.1, 0.15) is 0 Å². The van der Waals surface area contributed by atoms with Crippen LogP contribution in [0.1, 0.15) is 16.8 Å². The summed E-state index contributed by atoms with van der Waals surface area (Å²) in [6.45, 7) is 0.605. The first kappa shape index (κ1) is 15.7. The summed E-state index contributed by atoms with van der Waals surface area (Å²) in [5, 5.41) is 9.00. The molecule has 5 nitrogen and oxygen atoms in total. The van der Waals surface area contributed by atoms with Crippen LogP contribution in [0.5, 0.6) is 0 Å². The van der Waals surface area contributed by atoms with Crippen molar-refractivity contribution in [2.75, 3.05) is 37.0 Å². The smallest absolute Gasteiger partial charge is 0.305 e. The lowest BCUT2D eigenvalue weighted by molar-refractivity contribution is -0.138. The molecule has 0 bridgehead atoms. The molecule has 1 aromatic rings. The zero-order valence-corrected chi connectivity index (χ0v) is 13.1. The summed E-state index contributed by atoms with van der Waals surface area (Å²) in [6.07, 6.45) is 0.00606. The summed E-state index contributed by atoms with van der Waals surface area (Å²) in [4.78, 5) is 27.3. The average molecular weight is 308 g/mol. The molecule has 1 aromatic carbocycles. The van der Waals surface area contributed by atoms with Crippen LogP contribution in [0, 0.1) is 0 Å². The molecule has 0 spiro atoms. The minimum absolute atomic E-state index is 0.00606. The molecule has 1 aliphatic rings. The maximum Gasteiger partial charge on any atom is 0.305 e. The van der Waals surface area contributed by atoms with Gasteiger partial charge in [0.15, 0.2) is 0 Å². The van der Waals surface area contributed by atoms with Crippen molar-refractivity contribution in [3.63, 3.8) is 0 Å². The van der Waals surface area contributed by atoms with Gasteiger partial charge in [0, 0.05) is 43.4 Å². The van der Waals surface area contributed by atoms with Crippen LogP contribution >= 0.6 is 11.8 Å². The van der Waals surface area contributed by atoms with E-state index < -0.39 is 5.97 Å². The van der Waals surface area contributed by atoms with Gasteiger partial charge in [-0.15, -0.1) is 0 Å². The molecule has 1 amide bonds. The van der Waals surface area contributed by atoms with Gasteiger partial charge in [0.2, 0.25) is 0 Å². The Morgan fingerprint density at radius 1 is 1.43 bits per heavy atom. The van der Waals surface area contributed by atoms with Crippen LogP contribution in [0.3, 0.4) is 0 Å². The highest BCUT2D eigenvalue weighted by Gasteiger charge is 2.29. The third-order valence-electron chi connectivity index (χ3n) is 3.51. The lowest BCUT2D eigenvalue weighted by atomic mass is 10.1. The Morgan fingerprint density at radius 2 is 2.19 bits per heavy atom. The van der Waals surface area contributed by atoms with E-state index in [1.165, 1.54) is 0 Å². The Labute approximate surface area is 128 Å². The largest absolute Gasteiger partial charge is 0.481 e. The fraction of sp³-hybridized carbons (Fsp3) is 0.467. The van der Waals surface area contributed by atoms with Crippen molar-refractivity contribution in [1.29, 1.82) is 0 Å². The van der Waals surface area contributed by atoms with Gasteiger partial charge in [0.25, 0.3) is 5.91 Å². The molecule has 2 rings (SSSR count). The van der Waals surface area contributed by atoms with Crippen molar-refractivity contribution in [2.24, 2.45) is 0 Å². The van der Waals surface area contributed by atoms with Gasteiger partial charge in [0.05, 0.1) is 12.5 Å². The maximum atomic E-state index is 12.7. The van der Waals surface area contributed by atoms with Crippen LogP contribution in [-0.2, 0) is 4.79 Å². The number of rotatable bonds is 4. The summed E-state index contributed by atoms with van der Waals surface area (Å²) in [7, 11) is 3.85. The summed E-state index contributed by atoms with van der Waals surface area (Å²) in [6, 6.07) is 7.21. The van der Waals surface area contributed by atoms with Gasteiger partial charge in [-0.05, 0) is 18.2 Å². The molecule has 1 fully saturated rings. The molecule has 1 saturated heterocycles. The molecular weight excluding hydrogens is 288 g/mol. The lowest BCUT2D eigenvalue weighted by Crippen LogP contribution is -2.47. The van der Waals surface area contributed by atoms with E-state index in [1.54, 1.807) is 22.7 Å². The zero-order valence-electron chi connectivity index (χ0n) is 12.3. The van der Waals surface area contributed by atoms with Crippen LogP contribution in [0.25, 0.3) is 0 Å². The highest BCUT2D eigenvalue weighted by molar-refractivity contribution is 7.99. The molecule has 21 heavy (non-hydrogen) atoms. The second-order valence-corrected chi connectivity index (χ2v) is 6.42. The number of aliphatic carboxylic acids is 1. The second-order valence-electron chi connectivity index (χ2n) is 5.27. The molecule has 6 heteroatoms. The Balaban J connectivity index is 2.20. The first-order valence-electron chi connectivity index (χ1n) is 6.87. The van der Waals surface area contributed by atoms with Crippen molar-refractivity contribution in [3.05, 3.63) is 29.8 Å². The fourth-order valence-corrected chi connectivity index (χ4v) is 3.44. The zero-order chi connectivity index (χ0) is 15.4. The summed E-state index contributed by atoms with van der Waals surface area (Å²) in [5.74, 6) is 0.605. The molecule has 0 aliphatic carbocycles. The molecule has 1 N–H and O–H groups in total. The molecule has 1 aliphatic heterocycles. The Bertz CT molecular complexity index is 533. The third kappa shape index (κ3) is 3.91.